The molecule has 0 saturated heterocycles. The summed E-state index contributed by atoms with van der Waals surface area (Å²) in [4.78, 5) is 4.03. The van der Waals surface area contributed by atoms with Gasteiger partial charge in [-0.2, -0.15) is 0 Å². The van der Waals surface area contributed by atoms with Gasteiger partial charge in [-0.3, -0.25) is 4.99 Å². The summed E-state index contributed by atoms with van der Waals surface area (Å²) in [7, 11) is 0. The van der Waals surface area contributed by atoms with Gasteiger partial charge >= 0.3 is 0 Å². The number of fused-ring (bicyclic) bond motifs is 1. The van der Waals surface area contributed by atoms with Gasteiger partial charge in [0, 0.05) is 29.8 Å². The second kappa shape index (κ2) is 4.63. The van der Waals surface area contributed by atoms with Crippen molar-refractivity contribution in [3.63, 3.8) is 0 Å². The average molecular weight is 198 g/mol. The quantitative estimate of drug-likeness (QED) is 0.669. The lowest BCUT2D eigenvalue weighted by molar-refractivity contribution is 1.03. The summed E-state index contributed by atoms with van der Waals surface area (Å²) >= 11 is 0. The van der Waals surface area contributed by atoms with E-state index in [2.05, 4.69) is 22.2 Å². The van der Waals surface area contributed by atoms with Crippen molar-refractivity contribution in [1.82, 2.24) is 0 Å². The van der Waals surface area contributed by atoms with Crippen LogP contribution in [0.2, 0.25) is 0 Å². The number of nitrogens with two attached hydrogens (primary N) is 1. The smallest absolute Gasteiger partial charge is 0.105 e. The molecule has 15 heavy (non-hydrogen) atoms. The number of aliphatic imine (C=N–C) groups is 1. The number of nitrogens with one attached hydrogen (secondary N) is 1. The summed E-state index contributed by atoms with van der Waals surface area (Å²) in [5.74, 6) is 6.08. The van der Waals surface area contributed by atoms with E-state index >= 15 is 0 Å². The Morgan fingerprint density at radius 1 is 1.40 bits per heavy atom. The first kappa shape index (κ1) is 9.75. The van der Waals surface area contributed by atoms with Crippen LogP contribution in [0.1, 0.15) is 17.5 Å². The molecule has 0 spiro atoms. The third-order valence-electron chi connectivity index (χ3n) is 2.06. The van der Waals surface area contributed by atoms with Crippen LogP contribution in [0.4, 0.5) is 5.69 Å². The van der Waals surface area contributed by atoms with E-state index in [1.54, 1.807) is 6.34 Å². The number of benzene rings is 1. The number of nitrogens with zero attached hydrogens (tertiary/aromatic N) is 1. The molecule has 3 heteroatoms. The molecule has 1 aromatic rings. The zero-order chi connectivity index (χ0) is 10.5. The van der Waals surface area contributed by atoms with Gasteiger partial charge in [0.25, 0.3) is 0 Å². The minimum Gasteiger partial charge on any atom is -0.346 e. The number of rotatable bonds is 1. The molecule has 1 aliphatic rings. The van der Waals surface area contributed by atoms with Crippen LogP contribution < -0.4 is 11.1 Å². The van der Waals surface area contributed by atoms with Gasteiger partial charge in [-0.25, -0.2) is 0 Å². The maximum Gasteiger partial charge on any atom is 0.105 e. The fourth-order valence-electron chi connectivity index (χ4n) is 1.34. The minimum absolute atomic E-state index is 0.607. The van der Waals surface area contributed by atoms with Crippen molar-refractivity contribution in [3.05, 3.63) is 35.9 Å². The Kier molecular flexibility index (Phi) is 3.01. The summed E-state index contributed by atoms with van der Waals surface area (Å²) in [5, 5.41) is 3.07. The van der Waals surface area contributed by atoms with Gasteiger partial charge in [0.15, 0.2) is 0 Å². The molecule has 1 aliphatic heterocycles. The molecular weight excluding hydrogens is 186 g/mol. The van der Waals surface area contributed by atoms with Crippen LogP contribution in [0.25, 0.3) is 0 Å². The molecule has 3 nitrogen and oxygen atoms in total. The highest BCUT2D eigenvalue weighted by Crippen LogP contribution is 2.21. The van der Waals surface area contributed by atoms with Crippen molar-refractivity contribution in [3.8, 4) is 11.8 Å². The van der Waals surface area contributed by atoms with Gasteiger partial charge in [-0.15, -0.1) is 0 Å². The van der Waals surface area contributed by atoms with Gasteiger partial charge in [0.1, 0.15) is 6.54 Å². The third kappa shape index (κ3) is 2.36. The van der Waals surface area contributed by atoms with Crippen LogP contribution in [0.3, 0.4) is 0 Å². The van der Waals surface area contributed by atoms with E-state index in [0.29, 0.717) is 6.54 Å². The highest BCUT2D eigenvalue weighted by molar-refractivity contribution is 5.81. The molecule has 0 aromatic heterocycles. The molecule has 0 aliphatic carbocycles. The normalized spacial score (nSPS) is 12.3. The van der Waals surface area contributed by atoms with Gasteiger partial charge in [0.05, 0.1) is 6.34 Å². The van der Waals surface area contributed by atoms with Gasteiger partial charge in [-0.1, -0.05) is 11.8 Å². The Morgan fingerprint density at radius 3 is 3.20 bits per heavy atom. The minimum atomic E-state index is 0.607. The van der Waals surface area contributed by atoms with E-state index in [0.717, 1.165) is 23.2 Å². The van der Waals surface area contributed by atoms with Gasteiger partial charge < -0.3 is 11.1 Å². The van der Waals surface area contributed by atoms with Crippen molar-refractivity contribution in [2.75, 3.05) is 11.9 Å². The number of hydrogen-bond donors (Lipinski definition) is 2. The summed E-state index contributed by atoms with van der Waals surface area (Å²) < 4.78 is 0. The summed E-state index contributed by atoms with van der Waals surface area (Å²) in [6, 6.07) is 6.01. The number of anilines is 1. The standard InChI is InChI=1S/C12H12N3/c13-6-2-1-3-10-4-5-12-11(7-10)8-14-9-15-12/h4-5,7-9H,2,6,13H2,(H,14,15). The van der Waals surface area contributed by atoms with E-state index in [4.69, 9.17) is 5.73 Å². The SMILES string of the molecule is NCCC#Cc1ccc2c(c1)[CH]N=CN2. The Labute approximate surface area is 89.4 Å². The average Bonchev–Trinajstić information content (AvgIpc) is 2.29. The third-order valence-corrected chi connectivity index (χ3v) is 2.06. The Hall–Kier alpha value is -1.79. The molecular formula is C12H12N3. The fourth-order valence-corrected chi connectivity index (χ4v) is 1.34. The van der Waals surface area contributed by atoms with Crippen LogP contribution in [0, 0.1) is 18.4 Å². The van der Waals surface area contributed by atoms with Gasteiger partial charge in [-0.05, 0) is 18.2 Å². The van der Waals surface area contributed by atoms with Crippen molar-refractivity contribution in [2.45, 2.75) is 6.42 Å². The molecule has 1 radical (unpaired) electrons. The van der Waals surface area contributed by atoms with Crippen molar-refractivity contribution in [2.24, 2.45) is 10.7 Å². The second-order valence-corrected chi connectivity index (χ2v) is 3.19. The fraction of sp³-hybridized carbons (Fsp3) is 0.167. The van der Waals surface area contributed by atoms with Gasteiger partial charge in [0.2, 0.25) is 0 Å². The van der Waals surface area contributed by atoms with Crippen LogP contribution in [0.15, 0.2) is 23.2 Å². The topological polar surface area (TPSA) is 50.4 Å². The molecule has 1 aromatic carbocycles. The van der Waals surface area contributed by atoms with Crippen LogP contribution in [0.5, 0.6) is 0 Å². The predicted molar refractivity (Wildman–Crippen MR) is 62.5 cm³/mol. The van der Waals surface area contributed by atoms with Crippen LogP contribution in [-0.4, -0.2) is 12.9 Å². The molecule has 0 bridgehead atoms. The Bertz CT molecular complexity index is 438. The molecule has 1 heterocycles. The lowest BCUT2D eigenvalue weighted by atomic mass is 10.1. The molecule has 3 N–H and O–H groups in total. The van der Waals surface area contributed by atoms with E-state index in [-0.39, 0.29) is 0 Å². The lowest BCUT2D eigenvalue weighted by Crippen LogP contribution is -2.03. The maximum absolute atomic E-state index is 5.37. The highest BCUT2D eigenvalue weighted by Gasteiger charge is 2.04. The zero-order valence-electron chi connectivity index (χ0n) is 8.33. The largest absolute Gasteiger partial charge is 0.346 e. The van der Waals surface area contributed by atoms with E-state index in [1.807, 2.05) is 24.7 Å². The maximum atomic E-state index is 5.37. The molecule has 0 fully saturated rings. The van der Waals surface area contributed by atoms with E-state index in [9.17, 15) is 0 Å². The molecule has 0 atom stereocenters. The summed E-state index contributed by atoms with van der Waals surface area (Å²) in [5.41, 5.74) is 8.49. The molecule has 75 valence electrons. The van der Waals surface area contributed by atoms with E-state index < -0.39 is 0 Å². The van der Waals surface area contributed by atoms with Crippen molar-refractivity contribution >= 4 is 12.0 Å². The molecule has 0 unspecified atom stereocenters. The summed E-state index contributed by atoms with van der Waals surface area (Å²) in [6.07, 6.45) is 2.40. The van der Waals surface area contributed by atoms with Crippen molar-refractivity contribution < 1.29 is 0 Å². The molecule has 0 amide bonds. The van der Waals surface area contributed by atoms with Crippen LogP contribution in [-0.2, 0) is 0 Å². The van der Waals surface area contributed by atoms with Crippen molar-refractivity contribution in [1.29, 1.82) is 0 Å². The first-order valence-electron chi connectivity index (χ1n) is 4.84. The molecule has 2 rings (SSSR count). The van der Waals surface area contributed by atoms with E-state index in [1.165, 1.54) is 0 Å². The monoisotopic (exact) mass is 198 g/mol. The predicted octanol–water partition coefficient (Wildman–Crippen LogP) is 1.35. The Morgan fingerprint density at radius 2 is 2.33 bits per heavy atom. The first-order chi connectivity index (χ1) is 7.40. The Balaban J connectivity index is 2.20. The molecule has 0 saturated carbocycles. The zero-order valence-corrected chi connectivity index (χ0v) is 8.33. The highest BCUT2D eigenvalue weighted by atomic mass is 15.0. The summed E-state index contributed by atoms with van der Waals surface area (Å²) in [6.45, 7) is 2.43. The first-order valence-corrected chi connectivity index (χ1v) is 4.84. The lowest BCUT2D eigenvalue weighted by Gasteiger charge is -2.11. The number of hydrogen-bond acceptors (Lipinski definition) is 3. The van der Waals surface area contributed by atoms with Crippen LogP contribution >= 0.6 is 0 Å². The second-order valence-electron chi connectivity index (χ2n) is 3.19.